The van der Waals surface area contributed by atoms with E-state index in [1.807, 2.05) is 42.2 Å². The Kier molecular flexibility index (Phi) is 3.94. The van der Waals surface area contributed by atoms with Crippen LogP contribution in [0.5, 0.6) is 5.75 Å². The SMILES string of the molecule is C[Si](C)(C)Oc1c(I)cccc1C(F)(F)F. The molecule has 0 N–H and O–H groups in total. The van der Waals surface area contributed by atoms with Crippen LogP contribution in [0.1, 0.15) is 5.56 Å². The summed E-state index contributed by atoms with van der Waals surface area (Å²) < 4.78 is 44.2. The van der Waals surface area contributed by atoms with E-state index in [1.54, 1.807) is 6.07 Å². The highest BCUT2D eigenvalue weighted by atomic mass is 127. The first kappa shape index (κ1) is 13.8. The maximum Gasteiger partial charge on any atom is 0.419 e. The van der Waals surface area contributed by atoms with Crippen molar-refractivity contribution in [3.05, 3.63) is 27.3 Å². The van der Waals surface area contributed by atoms with Crippen molar-refractivity contribution in [2.75, 3.05) is 0 Å². The molecule has 16 heavy (non-hydrogen) atoms. The Bertz CT molecular complexity index is 385. The van der Waals surface area contributed by atoms with E-state index in [0.717, 1.165) is 6.07 Å². The van der Waals surface area contributed by atoms with Gasteiger partial charge in [0.1, 0.15) is 5.75 Å². The van der Waals surface area contributed by atoms with Crippen LogP contribution in [0.2, 0.25) is 19.6 Å². The first-order chi connectivity index (χ1) is 7.11. The average molecular weight is 360 g/mol. The van der Waals surface area contributed by atoms with Crippen LogP contribution in [0.25, 0.3) is 0 Å². The van der Waals surface area contributed by atoms with Crippen molar-refractivity contribution in [1.82, 2.24) is 0 Å². The summed E-state index contributed by atoms with van der Waals surface area (Å²) in [5.74, 6) is -0.0326. The standard InChI is InChI=1S/C10H12F3IOSi/c1-16(2,3)15-9-7(10(11,12)13)5-4-6-8(9)14/h4-6H,1-3H3. The van der Waals surface area contributed by atoms with Crippen LogP contribution in [0.3, 0.4) is 0 Å². The summed E-state index contributed by atoms with van der Waals surface area (Å²) in [5, 5.41) is 0. The molecule has 0 unspecified atom stereocenters. The van der Waals surface area contributed by atoms with Gasteiger partial charge in [-0.15, -0.1) is 0 Å². The van der Waals surface area contributed by atoms with Crippen LogP contribution < -0.4 is 4.43 Å². The van der Waals surface area contributed by atoms with E-state index in [1.165, 1.54) is 6.07 Å². The predicted molar refractivity (Wildman–Crippen MR) is 68.1 cm³/mol. The third-order valence-corrected chi connectivity index (χ3v) is 3.35. The normalized spacial score (nSPS) is 12.7. The molecule has 0 heterocycles. The van der Waals surface area contributed by atoms with Crippen LogP contribution in [-0.2, 0) is 6.18 Å². The van der Waals surface area contributed by atoms with E-state index in [2.05, 4.69) is 0 Å². The van der Waals surface area contributed by atoms with Gasteiger partial charge in [-0.3, -0.25) is 0 Å². The van der Waals surface area contributed by atoms with E-state index < -0.39 is 20.1 Å². The third-order valence-electron chi connectivity index (χ3n) is 1.68. The zero-order valence-corrected chi connectivity index (χ0v) is 12.3. The maximum absolute atomic E-state index is 12.7. The summed E-state index contributed by atoms with van der Waals surface area (Å²) in [5.41, 5.74) is -0.693. The number of halogens is 4. The Balaban J connectivity index is 3.25. The van der Waals surface area contributed by atoms with Gasteiger partial charge in [0.2, 0.25) is 8.32 Å². The van der Waals surface area contributed by atoms with Crippen LogP contribution in [0.15, 0.2) is 18.2 Å². The predicted octanol–water partition coefficient (Wildman–Crippen LogP) is 4.52. The minimum Gasteiger partial charge on any atom is -0.543 e. The Morgan fingerprint density at radius 1 is 1.19 bits per heavy atom. The van der Waals surface area contributed by atoms with Gasteiger partial charge in [0, 0.05) is 0 Å². The molecular formula is C10H12F3IOSi. The highest BCUT2D eigenvalue weighted by Gasteiger charge is 2.36. The lowest BCUT2D eigenvalue weighted by molar-refractivity contribution is -0.138. The van der Waals surface area contributed by atoms with E-state index in [-0.39, 0.29) is 5.75 Å². The van der Waals surface area contributed by atoms with Crippen molar-refractivity contribution >= 4 is 30.9 Å². The van der Waals surface area contributed by atoms with Crippen molar-refractivity contribution in [2.45, 2.75) is 25.8 Å². The molecule has 6 heteroatoms. The van der Waals surface area contributed by atoms with E-state index in [0.29, 0.717) is 3.57 Å². The molecule has 0 aliphatic carbocycles. The van der Waals surface area contributed by atoms with Gasteiger partial charge < -0.3 is 4.43 Å². The van der Waals surface area contributed by atoms with E-state index in [9.17, 15) is 13.2 Å². The molecule has 0 aliphatic heterocycles. The van der Waals surface area contributed by atoms with Gasteiger partial charge in [0.25, 0.3) is 0 Å². The zero-order valence-electron chi connectivity index (χ0n) is 9.15. The lowest BCUT2D eigenvalue weighted by Crippen LogP contribution is -2.31. The number of alkyl halides is 3. The molecule has 0 aliphatic rings. The lowest BCUT2D eigenvalue weighted by Gasteiger charge is -2.23. The van der Waals surface area contributed by atoms with Gasteiger partial charge in [0.15, 0.2) is 0 Å². The second-order valence-electron chi connectivity index (χ2n) is 4.33. The molecule has 0 atom stereocenters. The van der Waals surface area contributed by atoms with Gasteiger partial charge >= 0.3 is 6.18 Å². The molecular weight excluding hydrogens is 348 g/mol. The largest absolute Gasteiger partial charge is 0.543 e. The van der Waals surface area contributed by atoms with Gasteiger partial charge in [-0.25, -0.2) is 0 Å². The number of hydrogen-bond acceptors (Lipinski definition) is 1. The van der Waals surface area contributed by atoms with Crippen LogP contribution in [0, 0.1) is 3.57 Å². The highest BCUT2D eigenvalue weighted by Crippen LogP contribution is 2.39. The first-order valence-electron chi connectivity index (χ1n) is 4.66. The number of para-hydroxylation sites is 1. The average Bonchev–Trinajstić information content (AvgIpc) is 2.04. The first-order valence-corrected chi connectivity index (χ1v) is 9.15. The Hall–Kier alpha value is -0.243. The molecule has 0 bridgehead atoms. The van der Waals surface area contributed by atoms with Crippen molar-refractivity contribution in [3.63, 3.8) is 0 Å². The van der Waals surface area contributed by atoms with Gasteiger partial charge in [-0.1, -0.05) is 6.07 Å². The molecule has 1 rings (SSSR count). The second-order valence-corrected chi connectivity index (χ2v) is 9.92. The summed E-state index contributed by atoms with van der Waals surface area (Å²) in [6, 6.07) is 4.06. The van der Waals surface area contributed by atoms with E-state index in [4.69, 9.17) is 4.43 Å². The van der Waals surface area contributed by atoms with Crippen molar-refractivity contribution in [2.24, 2.45) is 0 Å². The summed E-state index contributed by atoms with van der Waals surface area (Å²) in [7, 11) is -2.04. The van der Waals surface area contributed by atoms with Gasteiger partial charge in [-0.2, -0.15) is 13.2 Å². The Morgan fingerprint density at radius 2 is 1.75 bits per heavy atom. The Morgan fingerprint density at radius 3 is 2.19 bits per heavy atom. The van der Waals surface area contributed by atoms with Crippen LogP contribution in [0.4, 0.5) is 13.2 Å². The van der Waals surface area contributed by atoms with Gasteiger partial charge in [0.05, 0.1) is 9.13 Å². The van der Waals surface area contributed by atoms with Crippen molar-refractivity contribution in [1.29, 1.82) is 0 Å². The minimum atomic E-state index is -4.36. The third kappa shape index (κ3) is 3.65. The molecule has 1 aromatic carbocycles. The number of rotatable bonds is 2. The fraction of sp³-hybridized carbons (Fsp3) is 0.400. The van der Waals surface area contributed by atoms with Crippen LogP contribution in [-0.4, -0.2) is 8.32 Å². The summed E-state index contributed by atoms with van der Waals surface area (Å²) in [4.78, 5) is 0. The quantitative estimate of drug-likeness (QED) is 0.557. The molecule has 1 nitrogen and oxygen atoms in total. The maximum atomic E-state index is 12.7. The highest BCUT2D eigenvalue weighted by molar-refractivity contribution is 14.1. The smallest absolute Gasteiger partial charge is 0.419 e. The molecule has 1 aromatic rings. The fourth-order valence-electron chi connectivity index (χ4n) is 1.14. The molecule has 0 spiro atoms. The molecule has 0 amide bonds. The molecule has 0 fully saturated rings. The zero-order chi connectivity index (χ0) is 12.6. The summed E-state index contributed by atoms with van der Waals surface area (Å²) in [6.45, 7) is 5.57. The van der Waals surface area contributed by atoms with Crippen molar-refractivity contribution in [3.8, 4) is 5.75 Å². The Labute approximate surface area is 107 Å². The van der Waals surface area contributed by atoms with Gasteiger partial charge in [-0.05, 0) is 54.4 Å². The minimum absolute atomic E-state index is 0.0326. The molecule has 90 valence electrons. The molecule has 0 aromatic heterocycles. The lowest BCUT2D eigenvalue weighted by atomic mass is 10.2. The molecule has 0 radical (unpaired) electrons. The van der Waals surface area contributed by atoms with Crippen molar-refractivity contribution < 1.29 is 17.6 Å². The fourth-order valence-corrected chi connectivity index (χ4v) is 2.79. The van der Waals surface area contributed by atoms with Crippen LogP contribution >= 0.6 is 22.6 Å². The second kappa shape index (κ2) is 4.56. The summed E-state index contributed by atoms with van der Waals surface area (Å²) >= 11 is 1.86. The molecule has 0 saturated heterocycles. The van der Waals surface area contributed by atoms with E-state index >= 15 is 0 Å². The monoisotopic (exact) mass is 360 g/mol. The topological polar surface area (TPSA) is 9.23 Å². The molecule has 0 saturated carbocycles. The number of hydrogen-bond donors (Lipinski definition) is 0. The number of benzene rings is 1. The summed E-state index contributed by atoms with van der Waals surface area (Å²) in [6.07, 6.45) is -4.36.